The van der Waals surface area contributed by atoms with Gasteiger partial charge < -0.3 is 9.47 Å². The zero-order chi connectivity index (χ0) is 14.5. The van der Waals surface area contributed by atoms with Crippen LogP contribution in [-0.2, 0) is 17.8 Å². The van der Waals surface area contributed by atoms with Crippen LogP contribution in [-0.4, -0.2) is 29.0 Å². The monoisotopic (exact) mass is 269 g/mol. The van der Waals surface area contributed by atoms with Crippen molar-refractivity contribution < 1.29 is 4.79 Å². The number of benzene rings is 1. The average Bonchev–Trinajstić information content (AvgIpc) is 2.86. The molecule has 0 fully saturated rings. The number of carbonyl (C=O) groups excluding carboxylic acids is 1. The molecule has 0 atom stereocenters. The summed E-state index contributed by atoms with van der Waals surface area (Å²) in [6.45, 7) is 2.93. The molecule has 1 aromatic carbocycles. The van der Waals surface area contributed by atoms with Crippen molar-refractivity contribution >= 4 is 16.8 Å². The number of nitriles is 1. The molecule has 0 saturated heterocycles. The Labute approximate surface area is 119 Å². The fraction of sp³-hybridized carbons (Fsp3) is 0.375. The molecule has 2 rings (SSSR count). The molecular weight excluding hydrogens is 250 g/mol. The number of aryl methyl sites for hydroxylation is 1. The van der Waals surface area contributed by atoms with Crippen LogP contribution in [0.15, 0.2) is 30.5 Å². The molecule has 104 valence electrons. The molecule has 0 radical (unpaired) electrons. The first-order chi connectivity index (χ1) is 9.65. The van der Waals surface area contributed by atoms with Crippen molar-refractivity contribution in [3.05, 3.63) is 36.0 Å². The largest absolute Gasteiger partial charge is 0.343 e. The van der Waals surface area contributed by atoms with Gasteiger partial charge in [0.25, 0.3) is 0 Å². The number of nitrogens with zero attached hydrogens (tertiary/aromatic N) is 3. The Hall–Kier alpha value is -2.28. The average molecular weight is 269 g/mol. The molecule has 0 aliphatic heterocycles. The van der Waals surface area contributed by atoms with E-state index in [-0.39, 0.29) is 5.91 Å². The molecule has 20 heavy (non-hydrogen) atoms. The third kappa shape index (κ3) is 3.00. The van der Waals surface area contributed by atoms with Crippen LogP contribution >= 0.6 is 0 Å². The predicted octanol–water partition coefficient (Wildman–Crippen LogP) is 2.58. The van der Waals surface area contributed by atoms with Crippen molar-refractivity contribution in [2.24, 2.45) is 0 Å². The molecule has 0 aliphatic carbocycles. The number of hydrogen-bond acceptors (Lipinski definition) is 2. The van der Waals surface area contributed by atoms with Gasteiger partial charge in [0.1, 0.15) is 6.54 Å². The van der Waals surface area contributed by atoms with Gasteiger partial charge in [-0.2, -0.15) is 5.26 Å². The summed E-state index contributed by atoms with van der Waals surface area (Å²) >= 11 is 0. The Balaban J connectivity index is 2.14. The van der Waals surface area contributed by atoms with Gasteiger partial charge in [0, 0.05) is 25.3 Å². The predicted molar refractivity (Wildman–Crippen MR) is 79.2 cm³/mol. The lowest BCUT2D eigenvalue weighted by Crippen LogP contribution is -2.30. The standard InChI is InChI=1S/C16H19N3O/c1-3-13-5-6-15-14(11-13)7-10-19(15)12-16(20)18(2)9-4-8-17/h5-7,10-11H,3-4,9,12H2,1-2H3. The lowest BCUT2D eigenvalue weighted by molar-refractivity contribution is -0.130. The van der Waals surface area contributed by atoms with Crippen molar-refractivity contribution in [2.45, 2.75) is 26.3 Å². The molecule has 1 aromatic heterocycles. The number of likely N-dealkylation sites (N-methyl/N-ethyl adjacent to an activating group) is 1. The Bertz CT molecular complexity index is 651. The number of hydrogen-bond donors (Lipinski definition) is 0. The van der Waals surface area contributed by atoms with Gasteiger partial charge in [-0.3, -0.25) is 4.79 Å². The number of amides is 1. The van der Waals surface area contributed by atoms with Crippen LogP contribution in [0.4, 0.5) is 0 Å². The SMILES string of the molecule is CCc1ccc2c(ccn2CC(=O)N(C)CCC#N)c1. The molecule has 4 nitrogen and oxygen atoms in total. The molecule has 0 N–H and O–H groups in total. The van der Waals surface area contributed by atoms with E-state index in [1.54, 1.807) is 11.9 Å². The van der Waals surface area contributed by atoms with E-state index in [1.165, 1.54) is 5.56 Å². The first-order valence-corrected chi connectivity index (χ1v) is 6.84. The van der Waals surface area contributed by atoms with Gasteiger partial charge in [-0.15, -0.1) is 0 Å². The first-order valence-electron chi connectivity index (χ1n) is 6.84. The number of fused-ring (bicyclic) bond motifs is 1. The fourth-order valence-corrected chi connectivity index (χ4v) is 2.22. The van der Waals surface area contributed by atoms with Gasteiger partial charge in [-0.05, 0) is 35.6 Å². The Morgan fingerprint density at radius 2 is 2.20 bits per heavy atom. The first kappa shape index (κ1) is 14.1. The van der Waals surface area contributed by atoms with Crippen molar-refractivity contribution in [3.8, 4) is 6.07 Å². The minimum absolute atomic E-state index is 0.0253. The maximum absolute atomic E-state index is 12.1. The zero-order valence-corrected chi connectivity index (χ0v) is 12.0. The number of aromatic nitrogens is 1. The second-order valence-electron chi connectivity index (χ2n) is 4.91. The van der Waals surface area contributed by atoms with E-state index < -0.39 is 0 Å². The highest BCUT2D eigenvalue weighted by molar-refractivity contribution is 5.83. The molecule has 1 amide bonds. The van der Waals surface area contributed by atoms with E-state index >= 15 is 0 Å². The highest BCUT2D eigenvalue weighted by Crippen LogP contribution is 2.18. The smallest absolute Gasteiger partial charge is 0.242 e. The van der Waals surface area contributed by atoms with Crippen LogP contribution in [0.1, 0.15) is 18.9 Å². The molecule has 0 aliphatic rings. The van der Waals surface area contributed by atoms with Gasteiger partial charge >= 0.3 is 0 Å². The summed E-state index contributed by atoms with van der Waals surface area (Å²) in [6, 6.07) is 10.4. The van der Waals surface area contributed by atoms with Crippen molar-refractivity contribution in [2.75, 3.05) is 13.6 Å². The summed E-state index contributed by atoms with van der Waals surface area (Å²) < 4.78 is 1.96. The second kappa shape index (κ2) is 6.25. The van der Waals surface area contributed by atoms with E-state index in [4.69, 9.17) is 5.26 Å². The highest BCUT2D eigenvalue weighted by Gasteiger charge is 2.10. The van der Waals surface area contributed by atoms with Crippen molar-refractivity contribution in [1.82, 2.24) is 9.47 Å². The topological polar surface area (TPSA) is 49.0 Å². The van der Waals surface area contributed by atoms with Crippen LogP contribution in [0.2, 0.25) is 0 Å². The Kier molecular flexibility index (Phi) is 4.41. The maximum atomic E-state index is 12.1. The van der Waals surface area contributed by atoms with Gasteiger partial charge in [-0.25, -0.2) is 0 Å². The van der Waals surface area contributed by atoms with E-state index in [0.717, 1.165) is 17.3 Å². The minimum atomic E-state index is 0.0253. The zero-order valence-electron chi connectivity index (χ0n) is 12.0. The van der Waals surface area contributed by atoms with Crippen LogP contribution in [0.5, 0.6) is 0 Å². The highest BCUT2D eigenvalue weighted by atomic mass is 16.2. The second-order valence-corrected chi connectivity index (χ2v) is 4.91. The molecule has 0 unspecified atom stereocenters. The van der Waals surface area contributed by atoms with Crippen molar-refractivity contribution in [1.29, 1.82) is 5.26 Å². The van der Waals surface area contributed by atoms with Crippen LogP contribution < -0.4 is 0 Å². The lowest BCUT2D eigenvalue weighted by Gasteiger charge is -2.16. The van der Waals surface area contributed by atoms with Gasteiger partial charge in [0.15, 0.2) is 0 Å². The summed E-state index contributed by atoms with van der Waals surface area (Å²) in [5, 5.41) is 9.71. The van der Waals surface area contributed by atoms with E-state index in [2.05, 4.69) is 31.2 Å². The molecule has 0 saturated carbocycles. The molecular formula is C16H19N3O. The maximum Gasteiger partial charge on any atom is 0.242 e. The summed E-state index contributed by atoms with van der Waals surface area (Å²) in [5.74, 6) is 0.0253. The summed E-state index contributed by atoms with van der Waals surface area (Å²) in [4.78, 5) is 13.7. The molecule has 4 heteroatoms. The Morgan fingerprint density at radius 1 is 1.40 bits per heavy atom. The lowest BCUT2D eigenvalue weighted by atomic mass is 10.1. The Morgan fingerprint density at radius 3 is 2.90 bits per heavy atom. The van der Waals surface area contributed by atoms with Crippen LogP contribution in [0.25, 0.3) is 10.9 Å². The van der Waals surface area contributed by atoms with Crippen LogP contribution in [0, 0.1) is 11.3 Å². The van der Waals surface area contributed by atoms with E-state index in [0.29, 0.717) is 19.5 Å². The van der Waals surface area contributed by atoms with E-state index in [9.17, 15) is 4.79 Å². The molecule has 1 heterocycles. The quantitative estimate of drug-likeness (QED) is 0.837. The van der Waals surface area contributed by atoms with Gasteiger partial charge in [0.05, 0.1) is 12.5 Å². The van der Waals surface area contributed by atoms with Gasteiger partial charge in [0.2, 0.25) is 5.91 Å². The van der Waals surface area contributed by atoms with Crippen molar-refractivity contribution in [3.63, 3.8) is 0 Å². The summed E-state index contributed by atoms with van der Waals surface area (Å²) in [7, 11) is 1.74. The fourth-order valence-electron chi connectivity index (χ4n) is 2.22. The molecule has 2 aromatic rings. The third-order valence-corrected chi connectivity index (χ3v) is 3.53. The summed E-state index contributed by atoms with van der Waals surface area (Å²) in [5.41, 5.74) is 2.37. The van der Waals surface area contributed by atoms with Crippen LogP contribution in [0.3, 0.4) is 0 Å². The third-order valence-electron chi connectivity index (χ3n) is 3.53. The number of carbonyl (C=O) groups is 1. The molecule has 0 spiro atoms. The minimum Gasteiger partial charge on any atom is -0.343 e. The van der Waals surface area contributed by atoms with E-state index in [1.807, 2.05) is 16.8 Å². The normalized spacial score (nSPS) is 10.4. The van der Waals surface area contributed by atoms with Gasteiger partial charge in [-0.1, -0.05) is 13.0 Å². The summed E-state index contributed by atoms with van der Waals surface area (Å²) in [6.07, 6.45) is 3.33. The molecule has 0 bridgehead atoms. The number of rotatable bonds is 5.